The van der Waals surface area contributed by atoms with E-state index >= 15 is 0 Å². The number of hydrogen-bond acceptors (Lipinski definition) is 5. The molecule has 1 saturated heterocycles. The van der Waals surface area contributed by atoms with E-state index in [0.29, 0.717) is 30.9 Å². The van der Waals surface area contributed by atoms with Gasteiger partial charge in [0.1, 0.15) is 23.9 Å². The third-order valence-electron chi connectivity index (χ3n) is 5.40. The van der Waals surface area contributed by atoms with Crippen LogP contribution < -0.4 is 16.0 Å². The SMILES string of the molecule is Cc1cc(C)cc(COc2ccc(C3(N)CCN(C(C)C(=O)NO)C3=O)cc2)c1. The van der Waals surface area contributed by atoms with Crippen LogP contribution in [0, 0.1) is 13.8 Å². The van der Waals surface area contributed by atoms with E-state index in [1.54, 1.807) is 36.7 Å². The van der Waals surface area contributed by atoms with Crippen LogP contribution in [0.4, 0.5) is 0 Å². The summed E-state index contributed by atoms with van der Waals surface area (Å²) in [6.45, 7) is 6.46. The van der Waals surface area contributed by atoms with Crippen LogP contribution in [-0.4, -0.2) is 34.5 Å². The fourth-order valence-electron chi connectivity index (χ4n) is 3.80. The molecule has 0 spiro atoms. The van der Waals surface area contributed by atoms with Gasteiger partial charge in [0.05, 0.1) is 0 Å². The minimum atomic E-state index is -1.20. The maximum atomic E-state index is 12.9. The molecule has 0 radical (unpaired) electrons. The Labute approximate surface area is 170 Å². The van der Waals surface area contributed by atoms with Gasteiger partial charge in [-0.2, -0.15) is 0 Å². The Morgan fingerprint density at radius 3 is 2.45 bits per heavy atom. The number of amides is 2. The lowest BCUT2D eigenvalue weighted by atomic mass is 9.89. The Morgan fingerprint density at radius 2 is 1.86 bits per heavy atom. The second kappa shape index (κ2) is 8.23. The highest BCUT2D eigenvalue weighted by molar-refractivity contribution is 5.94. The van der Waals surface area contributed by atoms with Gasteiger partial charge < -0.3 is 15.4 Å². The molecule has 1 aliphatic rings. The zero-order chi connectivity index (χ0) is 21.2. The molecule has 1 aliphatic heterocycles. The quantitative estimate of drug-likeness (QED) is 0.512. The molecule has 7 nitrogen and oxygen atoms in total. The molecule has 1 fully saturated rings. The molecular formula is C22H27N3O4. The predicted octanol–water partition coefficient (Wildman–Crippen LogP) is 2.16. The van der Waals surface area contributed by atoms with E-state index in [1.165, 1.54) is 16.0 Å². The molecule has 2 aromatic rings. The maximum Gasteiger partial charge on any atom is 0.265 e. The number of hydrogen-bond donors (Lipinski definition) is 3. The summed E-state index contributed by atoms with van der Waals surface area (Å²) in [7, 11) is 0. The monoisotopic (exact) mass is 397 g/mol. The van der Waals surface area contributed by atoms with Crippen LogP contribution in [0.5, 0.6) is 5.75 Å². The Morgan fingerprint density at radius 1 is 1.24 bits per heavy atom. The lowest BCUT2D eigenvalue weighted by molar-refractivity contribution is -0.143. The van der Waals surface area contributed by atoms with Crippen LogP contribution in [0.1, 0.15) is 35.6 Å². The molecule has 2 amide bonds. The van der Waals surface area contributed by atoms with Gasteiger partial charge in [-0.25, -0.2) is 5.48 Å². The van der Waals surface area contributed by atoms with Crippen molar-refractivity contribution in [2.24, 2.45) is 5.73 Å². The third-order valence-corrected chi connectivity index (χ3v) is 5.40. The number of carbonyl (C=O) groups excluding carboxylic acids is 2. The summed E-state index contributed by atoms with van der Waals surface area (Å²) in [6, 6.07) is 12.7. The summed E-state index contributed by atoms with van der Waals surface area (Å²) in [4.78, 5) is 25.9. The topological polar surface area (TPSA) is 105 Å². The third kappa shape index (κ3) is 4.26. The highest BCUT2D eigenvalue weighted by atomic mass is 16.5. The number of nitrogens with two attached hydrogens (primary N) is 1. The van der Waals surface area contributed by atoms with E-state index in [0.717, 1.165) is 5.56 Å². The number of aryl methyl sites for hydroxylation is 2. The van der Waals surface area contributed by atoms with Crippen LogP contribution in [0.3, 0.4) is 0 Å². The van der Waals surface area contributed by atoms with Crippen molar-refractivity contribution in [1.82, 2.24) is 10.4 Å². The smallest absolute Gasteiger partial charge is 0.265 e. The standard InChI is InChI=1S/C22H27N3O4/c1-14-10-15(2)12-17(11-14)13-29-19-6-4-18(5-7-19)22(23)8-9-25(21(22)27)16(3)20(26)24-28/h4-7,10-12,16,28H,8-9,13,23H2,1-3H3,(H,24,26). The number of benzene rings is 2. The largest absolute Gasteiger partial charge is 0.489 e. The first-order valence-electron chi connectivity index (χ1n) is 9.59. The van der Waals surface area contributed by atoms with Crippen LogP contribution in [0.15, 0.2) is 42.5 Å². The average molecular weight is 397 g/mol. The van der Waals surface area contributed by atoms with Gasteiger partial charge in [-0.3, -0.25) is 14.8 Å². The molecule has 3 rings (SSSR count). The van der Waals surface area contributed by atoms with Gasteiger partial charge in [-0.05, 0) is 50.5 Å². The van der Waals surface area contributed by atoms with E-state index < -0.39 is 17.5 Å². The Hall–Kier alpha value is -2.90. The normalized spacial score (nSPS) is 19.9. The second-order valence-electron chi connectivity index (χ2n) is 7.68. The first-order chi connectivity index (χ1) is 13.7. The van der Waals surface area contributed by atoms with Crippen molar-refractivity contribution in [3.8, 4) is 5.75 Å². The molecule has 154 valence electrons. The van der Waals surface area contributed by atoms with Crippen molar-refractivity contribution in [2.45, 2.75) is 45.4 Å². The minimum absolute atomic E-state index is 0.336. The molecule has 2 unspecified atom stereocenters. The lowest BCUT2D eigenvalue weighted by Gasteiger charge is -2.27. The Kier molecular flexibility index (Phi) is 5.91. The first kappa shape index (κ1) is 20.8. The van der Waals surface area contributed by atoms with Crippen molar-refractivity contribution >= 4 is 11.8 Å². The van der Waals surface area contributed by atoms with Crippen molar-refractivity contribution in [3.63, 3.8) is 0 Å². The molecule has 2 atom stereocenters. The van der Waals surface area contributed by atoms with Gasteiger partial charge >= 0.3 is 0 Å². The van der Waals surface area contributed by atoms with Crippen LogP contribution in [0.25, 0.3) is 0 Å². The van der Waals surface area contributed by atoms with Gasteiger partial charge in [-0.15, -0.1) is 0 Å². The van der Waals surface area contributed by atoms with Gasteiger partial charge in [-0.1, -0.05) is 41.5 Å². The number of likely N-dealkylation sites (tertiary alicyclic amines) is 1. The zero-order valence-corrected chi connectivity index (χ0v) is 16.9. The van der Waals surface area contributed by atoms with Crippen molar-refractivity contribution in [1.29, 1.82) is 0 Å². The number of carbonyl (C=O) groups is 2. The summed E-state index contributed by atoms with van der Waals surface area (Å²) in [5, 5.41) is 8.81. The van der Waals surface area contributed by atoms with E-state index in [9.17, 15) is 9.59 Å². The molecule has 2 aromatic carbocycles. The Balaban J connectivity index is 1.69. The summed E-state index contributed by atoms with van der Waals surface area (Å²) in [5.74, 6) is -0.290. The molecule has 7 heteroatoms. The van der Waals surface area contributed by atoms with Gasteiger partial charge in [0.25, 0.3) is 5.91 Å². The van der Waals surface area contributed by atoms with Crippen molar-refractivity contribution < 1.29 is 19.5 Å². The van der Waals surface area contributed by atoms with Crippen molar-refractivity contribution in [3.05, 3.63) is 64.7 Å². The first-order valence-corrected chi connectivity index (χ1v) is 9.59. The number of nitrogens with one attached hydrogen (secondary N) is 1. The van der Waals surface area contributed by atoms with E-state index in [4.69, 9.17) is 15.7 Å². The number of nitrogens with zero attached hydrogens (tertiary/aromatic N) is 1. The second-order valence-corrected chi connectivity index (χ2v) is 7.68. The van der Waals surface area contributed by atoms with Crippen LogP contribution >= 0.6 is 0 Å². The molecule has 1 heterocycles. The molecule has 0 bridgehead atoms. The summed E-state index contributed by atoms with van der Waals surface area (Å²) in [5.41, 5.74) is 10.9. The molecule has 0 aromatic heterocycles. The highest BCUT2D eigenvalue weighted by Gasteiger charge is 2.47. The fourth-order valence-corrected chi connectivity index (χ4v) is 3.80. The number of hydroxylamine groups is 1. The number of rotatable bonds is 6. The summed E-state index contributed by atoms with van der Waals surface area (Å²) >= 11 is 0. The van der Waals surface area contributed by atoms with Gasteiger partial charge in [0.2, 0.25) is 5.91 Å². The lowest BCUT2D eigenvalue weighted by Crippen LogP contribution is -2.50. The molecule has 0 saturated carbocycles. The fraction of sp³-hybridized carbons (Fsp3) is 0.364. The van der Waals surface area contributed by atoms with E-state index in [-0.39, 0.29) is 5.91 Å². The van der Waals surface area contributed by atoms with Crippen molar-refractivity contribution in [2.75, 3.05) is 6.54 Å². The van der Waals surface area contributed by atoms with Crippen LogP contribution in [0.2, 0.25) is 0 Å². The molecule has 29 heavy (non-hydrogen) atoms. The molecule has 4 N–H and O–H groups in total. The van der Waals surface area contributed by atoms with Crippen LogP contribution in [-0.2, 0) is 21.7 Å². The Bertz CT molecular complexity index is 893. The zero-order valence-electron chi connectivity index (χ0n) is 16.9. The van der Waals surface area contributed by atoms with Gasteiger partial charge in [0.15, 0.2) is 0 Å². The molecule has 0 aliphatic carbocycles. The average Bonchev–Trinajstić information content (AvgIpc) is 3.00. The van der Waals surface area contributed by atoms with E-state index in [1.807, 2.05) is 0 Å². The molecular weight excluding hydrogens is 370 g/mol. The predicted molar refractivity (Wildman–Crippen MR) is 108 cm³/mol. The summed E-state index contributed by atoms with van der Waals surface area (Å²) < 4.78 is 5.87. The maximum absolute atomic E-state index is 12.9. The number of ether oxygens (including phenoxy) is 1. The van der Waals surface area contributed by atoms with E-state index in [2.05, 4.69) is 32.0 Å². The minimum Gasteiger partial charge on any atom is -0.489 e. The highest BCUT2D eigenvalue weighted by Crippen LogP contribution is 2.33. The van der Waals surface area contributed by atoms with Gasteiger partial charge in [0, 0.05) is 6.54 Å². The summed E-state index contributed by atoms with van der Waals surface area (Å²) in [6.07, 6.45) is 0.387.